The summed E-state index contributed by atoms with van der Waals surface area (Å²) < 4.78 is 83.0. The van der Waals surface area contributed by atoms with Crippen molar-refractivity contribution in [3.05, 3.63) is 58.9 Å². The summed E-state index contributed by atoms with van der Waals surface area (Å²) >= 11 is 0. The van der Waals surface area contributed by atoms with Gasteiger partial charge in [0.05, 0.1) is 43.7 Å². The standard InChI is InChI=1S/C22H21F4NO6S/c1-4-33-22(29)15(20(28)14-9-16(23)19(26)21(32-3)18(14)25)10-27-11-17(24)34(30)13-7-5-12(31-2)6-8-13/h5-10,17,28H,4,11H2,1-3H3/b20-15-,27-10?. The highest BCUT2D eigenvalue weighted by molar-refractivity contribution is 7.85. The fourth-order valence-electron chi connectivity index (χ4n) is 2.65. The predicted molar refractivity (Wildman–Crippen MR) is 117 cm³/mol. The van der Waals surface area contributed by atoms with Crippen LogP contribution in [0.4, 0.5) is 17.6 Å². The molecular formula is C22H21F4NO6S. The molecule has 2 aromatic rings. The number of aliphatic imine (C=N–C) groups is 1. The zero-order valence-electron chi connectivity index (χ0n) is 18.3. The van der Waals surface area contributed by atoms with Crippen molar-refractivity contribution in [2.45, 2.75) is 17.3 Å². The molecule has 2 unspecified atom stereocenters. The molecule has 0 bridgehead atoms. The largest absolute Gasteiger partial charge is 0.506 e. The molecule has 0 saturated heterocycles. The molecular weight excluding hydrogens is 482 g/mol. The van der Waals surface area contributed by atoms with Gasteiger partial charge in [0, 0.05) is 11.1 Å². The van der Waals surface area contributed by atoms with Gasteiger partial charge in [0.25, 0.3) is 0 Å². The van der Waals surface area contributed by atoms with Gasteiger partial charge in [-0.25, -0.2) is 18.0 Å². The van der Waals surface area contributed by atoms with Crippen LogP contribution in [0.3, 0.4) is 0 Å². The van der Waals surface area contributed by atoms with E-state index in [0.717, 1.165) is 7.11 Å². The molecule has 0 aromatic heterocycles. The number of alkyl halides is 1. The first-order chi connectivity index (χ1) is 16.2. The number of hydrogen-bond donors (Lipinski definition) is 1. The minimum absolute atomic E-state index is 0.153. The molecule has 0 fully saturated rings. The van der Waals surface area contributed by atoms with Gasteiger partial charge in [-0.3, -0.25) is 9.20 Å². The number of carbonyl (C=O) groups excluding carboxylic acids is 1. The number of nitrogens with zero attached hydrogens (tertiary/aromatic N) is 1. The van der Waals surface area contributed by atoms with Gasteiger partial charge in [0.2, 0.25) is 5.82 Å². The Morgan fingerprint density at radius 1 is 1.15 bits per heavy atom. The Balaban J connectivity index is 2.36. The highest BCUT2D eigenvalue weighted by Gasteiger charge is 2.26. The summed E-state index contributed by atoms with van der Waals surface area (Å²) in [5, 5.41) is 10.4. The molecule has 0 radical (unpaired) electrons. The van der Waals surface area contributed by atoms with Crippen molar-refractivity contribution in [1.82, 2.24) is 0 Å². The zero-order chi connectivity index (χ0) is 25.4. The van der Waals surface area contributed by atoms with E-state index in [1.54, 1.807) is 0 Å². The highest BCUT2D eigenvalue weighted by atomic mass is 32.2. The molecule has 12 heteroatoms. The first-order valence-electron chi connectivity index (χ1n) is 9.66. The Morgan fingerprint density at radius 2 is 1.79 bits per heavy atom. The van der Waals surface area contributed by atoms with Gasteiger partial charge in [-0.2, -0.15) is 4.39 Å². The maximum atomic E-state index is 14.5. The average molecular weight is 503 g/mol. The minimum Gasteiger partial charge on any atom is -0.506 e. The normalized spacial score (nSPS) is 13.9. The molecule has 0 spiro atoms. The van der Waals surface area contributed by atoms with Crippen molar-refractivity contribution in [2.24, 2.45) is 4.99 Å². The van der Waals surface area contributed by atoms with Crippen LogP contribution in [0, 0.1) is 17.5 Å². The predicted octanol–water partition coefficient (Wildman–Crippen LogP) is 4.13. The van der Waals surface area contributed by atoms with Crippen LogP contribution in [-0.4, -0.2) is 54.4 Å². The van der Waals surface area contributed by atoms with Crippen LogP contribution in [0.1, 0.15) is 12.5 Å². The average Bonchev–Trinajstić information content (AvgIpc) is 2.83. The molecule has 0 aliphatic carbocycles. The van der Waals surface area contributed by atoms with Gasteiger partial charge in [0.15, 0.2) is 22.9 Å². The fourth-order valence-corrected chi connectivity index (χ4v) is 3.57. The van der Waals surface area contributed by atoms with Crippen LogP contribution < -0.4 is 9.47 Å². The lowest BCUT2D eigenvalue weighted by molar-refractivity contribution is -0.137. The van der Waals surface area contributed by atoms with Crippen LogP contribution in [0.2, 0.25) is 0 Å². The Bertz CT molecular complexity index is 1120. The third-order valence-electron chi connectivity index (χ3n) is 4.32. The molecule has 0 aliphatic rings. The van der Waals surface area contributed by atoms with Crippen molar-refractivity contribution in [2.75, 3.05) is 27.4 Å². The van der Waals surface area contributed by atoms with Gasteiger partial charge in [-0.1, -0.05) is 0 Å². The summed E-state index contributed by atoms with van der Waals surface area (Å²) in [6, 6.07) is 6.10. The number of carbonyl (C=O) groups is 1. The maximum absolute atomic E-state index is 14.5. The lowest BCUT2D eigenvalue weighted by atomic mass is 10.1. The van der Waals surface area contributed by atoms with Gasteiger partial charge in [-0.15, -0.1) is 0 Å². The molecule has 2 rings (SSSR count). The van der Waals surface area contributed by atoms with E-state index < -0.39 is 68.9 Å². The topological polar surface area (TPSA) is 94.4 Å². The first-order valence-corrected chi connectivity index (χ1v) is 10.9. The first kappa shape index (κ1) is 26.8. The monoisotopic (exact) mass is 503 g/mol. The van der Waals surface area contributed by atoms with E-state index >= 15 is 0 Å². The van der Waals surface area contributed by atoms with E-state index in [1.165, 1.54) is 38.3 Å². The summed E-state index contributed by atoms with van der Waals surface area (Å²) in [6.45, 7) is 0.582. The van der Waals surface area contributed by atoms with E-state index in [2.05, 4.69) is 9.73 Å². The van der Waals surface area contributed by atoms with Crippen LogP contribution >= 0.6 is 0 Å². The van der Waals surface area contributed by atoms with Crippen LogP contribution in [0.25, 0.3) is 5.76 Å². The van der Waals surface area contributed by atoms with Crippen molar-refractivity contribution in [3.63, 3.8) is 0 Å². The molecule has 2 aromatic carbocycles. The van der Waals surface area contributed by atoms with E-state index in [-0.39, 0.29) is 11.5 Å². The third-order valence-corrected chi connectivity index (χ3v) is 5.67. The quantitative estimate of drug-likeness (QED) is 0.131. The number of halogens is 4. The van der Waals surface area contributed by atoms with Crippen molar-refractivity contribution < 1.29 is 45.9 Å². The van der Waals surface area contributed by atoms with Crippen molar-refractivity contribution in [1.29, 1.82) is 0 Å². The third kappa shape index (κ3) is 6.13. The second-order valence-corrected chi connectivity index (χ2v) is 8.00. The molecule has 0 heterocycles. The number of rotatable bonds is 10. The molecule has 34 heavy (non-hydrogen) atoms. The Hall–Kier alpha value is -3.41. The van der Waals surface area contributed by atoms with Crippen LogP contribution in [0.15, 0.2) is 45.8 Å². The number of hydrogen-bond acceptors (Lipinski definition) is 7. The number of aliphatic hydroxyl groups excluding tert-OH is 1. The summed E-state index contributed by atoms with van der Waals surface area (Å²) in [5.41, 5.74) is -3.68. The van der Waals surface area contributed by atoms with Crippen LogP contribution in [-0.2, 0) is 20.3 Å². The number of benzene rings is 2. The summed E-state index contributed by atoms with van der Waals surface area (Å²) in [7, 11) is 0.188. The van der Waals surface area contributed by atoms with Gasteiger partial charge in [-0.05, 0) is 37.3 Å². The van der Waals surface area contributed by atoms with Crippen molar-refractivity contribution in [3.8, 4) is 11.5 Å². The van der Waals surface area contributed by atoms with Gasteiger partial charge in [0.1, 0.15) is 17.1 Å². The fraction of sp³-hybridized carbons (Fsp3) is 0.273. The van der Waals surface area contributed by atoms with Crippen LogP contribution in [0.5, 0.6) is 11.5 Å². The molecule has 0 saturated carbocycles. The number of methoxy groups -OCH3 is 2. The minimum atomic E-state index is -2.13. The lowest BCUT2D eigenvalue weighted by Crippen LogP contribution is -2.15. The molecule has 184 valence electrons. The van der Waals surface area contributed by atoms with Crippen molar-refractivity contribution >= 4 is 28.7 Å². The molecule has 7 nitrogen and oxygen atoms in total. The lowest BCUT2D eigenvalue weighted by Gasteiger charge is -2.11. The Kier molecular flexibility index (Phi) is 9.60. The molecule has 0 aliphatic heterocycles. The summed E-state index contributed by atoms with van der Waals surface area (Å²) in [4.78, 5) is 16.1. The Morgan fingerprint density at radius 3 is 2.35 bits per heavy atom. The second kappa shape index (κ2) is 12.2. The summed E-state index contributed by atoms with van der Waals surface area (Å²) in [6.07, 6.45) is 0.665. The molecule has 1 N–H and O–H groups in total. The highest BCUT2D eigenvalue weighted by Crippen LogP contribution is 2.31. The Labute approximate surface area is 195 Å². The maximum Gasteiger partial charge on any atom is 0.343 e. The van der Waals surface area contributed by atoms with E-state index in [1.807, 2.05) is 0 Å². The molecule has 0 amide bonds. The van der Waals surface area contributed by atoms with E-state index in [4.69, 9.17) is 9.47 Å². The second-order valence-electron chi connectivity index (χ2n) is 6.43. The number of esters is 1. The van der Waals surface area contributed by atoms with Gasteiger partial charge >= 0.3 is 5.97 Å². The van der Waals surface area contributed by atoms with E-state index in [0.29, 0.717) is 18.0 Å². The SMILES string of the molecule is CCOC(=O)/C(C=NCC(F)S(=O)c1ccc(OC)cc1)=C(\O)c1cc(F)c(F)c(OC)c1F. The number of aliphatic hydroxyl groups is 1. The zero-order valence-corrected chi connectivity index (χ0v) is 19.1. The van der Waals surface area contributed by atoms with Gasteiger partial charge < -0.3 is 19.3 Å². The smallest absolute Gasteiger partial charge is 0.343 e. The summed E-state index contributed by atoms with van der Waals surface area (Å²) in [5.74, 6) is -7.67. The number of ether oxygens (including phenoxy) is 3. The molecule has 2 atom stereocenters. The van der Waals surface area contributed by atoms with E-state index in [9.17, 15) is 31.7 Å².